The highest BCUT2D eigenvalue weighted by atomic mass is 16.3. The van der Waals surface area contributed by atoms with Gasteiger partial charge in [-0.15, -0.1) is 0 Å². The number of aromatic nitrogens is 2. The number of nitrogens with one attached hydrogen (secondary N) is 1. The van der Waals surface area contributed by atoms with Crippen molar-refractivity contribution >= 4 is 0 Å². The van der Waals surface area contributed by atoms with Crippen molar-refractivity contribution in [2.45, 2.75) is 32.7 Å². The lowest BCUT2D eigenvalue weighted by atomic mass is 10.1. The molecule has 5 nitrogen and oxygen atoms in total. The van der Waals surface area contributed by atoms with Crippen LogP contribution in [0.2, 0.25) is 0 Å². The summed E-state index contributed by atoms with van der Waals surface area (Å²) in [5.41, 5.74) is 4.95. The van der Waals surface area contributed by atoms with Gasteiger partial charge in [0.1, 0.15) is 11.5 Å². The minimum atomic E-state index is -0.0277. The largest absolute Gasteiger partial charge is 0.464 e. The van der Waals surface area contributed by atoms with Gasteiger partial charge in [-0.25, -0.2) is 5.43 Å². The average molecular weight is 248 g/mol. The molecule has 0 aliphatic carbocycles. The number of aryl methyl sites for hydroxylation is 3. The number of hydrogen-bond donors (Lipinski definition) is 2. The second kappa shape index (κ2) is 5.37. The van der Waals surface area contributed by atoms with E-state index in [0.29, 0.717) is 0 Å². The highest BCUT2D eigenvalue weighted by molar-refractivity contribution is 5.16. The molecule has 1 unspecified atom stereocenters. The topological polar surface area (TPSA) is 69.0 Å². The fourth-order valence-corrected chi connectivity index (χ4v) is 2.08. The zero-order valence-corrected chi connectivity index (χ0v) is 11.1. The molecule has 2 rings (SSSR count). The molecular formula is C13H20N4O. The van der Waals surface area contributed by atoms with Gasteiger partial charge < -0.3 is 4.42 Å². The SMILES string of the molecule is CCc1ccc(C(Cc2cc(C)nn2C)NN)o1. The van der Waals surface area contributed by atoms with Crippen LogP contribution in [-0.4, -0.2) is 9.78 Å². The third-order valence-corrected chi connectivity index (χ3v) is 3.09. The van der Waals surface area contributed by atoms with E-state index in [1.165, 1.54) is 0 Å². The summed E-state index contributed by atoms with van der Waals surface area (Å²) >= 11 is 0. The van der Waals surface area contributed by atoms with Gasteiger partial charge in [0.15, 0.2) is 0 Å². The van der Waals surface area contributed by atoms with Crippen molar-refractivity contribution in [2.75, 3.05) is 0 Å². The zero-order valence-electron chi connectivity index (χ0n) is 11.1. The van der Waals surface area contributed by atoms with Crippen molar-refractivity contribution in [3.63, 3.8) is 0 Å². The number of hydrazine groups is 1. The number of rotatable bonds is 5. The van der Waals surface area contributed by atoms with Gasteiger partial charge >= 0.3 is 0 Å². The normalized spacial score (nSPS) is 12.9. The number of nitrogens with two attached hydrogens (primary N) is 1. The first-order valence-electron chi connectivity index (χ1n) is 6.18. The predicted octanol–water partition coefficient (Wildman–Crippen LogP) is 1.63. The maximum atomic E-state index is 5.73. The van der Waals surface area contributed by atoms with E-state index >= 15 is 0 Å². The lowest BCUT2D eigenvalue weighted by molar-refractivity contribution is 0.391. The molecule has 1 atom stereocenters. The van der Waals surface area contributed by atoms with E-state index in [9.17, 15) is 0 Å². The van der Waals surface area contributed by atoms with Crippen LogP contribution in [0, 0.1) is 6.92 Å². The van der Waals surface area contributed by atoms with Crippen molar-refractivity contribution in [1.82, 2.24) is 15.2 Å². The Hall–Kier alpha value is -1.59. The molecule has 0 aliphatic heterocycles. The van der Waals surface area contributed by atoms with Gasteiger partial charge in [-0.05, 0) is 25.1 Å². The summed E-state index contributed by atoms with van der Waals surface area (Å²) in [7, 11) is 1.94. The Morgan fingerprint density at radius 1 is 1.50 bits per heavy atom. The Morgan fingerprint density at radius 2 is 2.28 bits per heavy atom. The van der Waals surface area contributed by atoms with Crippen molar-refractivity contribution < 1.29 is 4.42 Å². The number of furan rings is 1. The van der Waals surface area contributed by atoms with Gasteiger partial charge in [0, 0.05) is 25.6 Å². The first-order chi connectivity index (χ1) is 8.63. The van der Waals surface area contributed by atoms with Crippen LogP contribution >= 0.6 is 0 Å². The molecule has 0 bridgehead atoms. The summed E-state index contributed by atoms with van der Waals surface area (Å²) in [5.74, 6) is 7.47. The molecule has 0 fully saturated rings. The smallest absolute Gasteiger partial charge is 0.122 e. The van der Waals surface area contributed by atoms with Crippen LogP contribution in [-0.2, 0) is 19.9 Å². The van der Waals surface area contributed by atoms with E-state index in [1.54, 1.807) is 0 Å². The molecule has 2 heterocycles. The quantitative estimate of drug-likeness (QED) is 0.623. The van der Waals surface area contributed by atoms with Crippen LogP contribution in [0.3, 0.4) is 0 Å². The lowest BCUT2D eigenvalue weighted by Gasteiger charge is -2.13. The highest BCUT2D eigenvalue weighted by Gasteiger charge is 2.16. The van der Waals surface area contributed by atoms with Gasteiger partial charge in [-0.1, -0.05) is 6.92 Å². The Morgan fingerprint density at radius 3 is 2.78 bits per heavy atom. The molecule has 0 amide bonds. The van der Waals surface area contributed by atoms with Gasteiger partial charge in [0.2, 0.25) is 0 Å². The molecule has 98 valence electrons. The van der Waals surface area contributed by atoms with E-state index in [-0.39, 0.29) is 6.04 Å². The Bertz CT molecular complexity index is 515. The molecule has 0 spiro atoms. The number of hydrogen-bond acceptors (Lipinski definition) is 4. The van der Waals surface area contributed by atoms with Gasteiger partial charge in [-0.3, -0.25) is 10.5 Å². The summed E-state index contributed by atoms with van der Waals surface area (Å²) in [6.45, 7) is 4.05. The molecule has 3 N–H and O–H groups in total. The maximum Gasteiger partial charge on any atom is 0.122 e. The second-order valence-corrected chi connectivity index (χ2v) is 4.48. The number of nitrogens with zero attached hydrogens (tertiary/aromatic N) is 2. The molecule has 0 aliphatic rings. The molecule has 0 aromatic carbocycles. The predicted molar refractivity (Wildman–Crippen MR) is 69.8 cm³/mol. The molecule has 0 saturated heterocycles. The van der Waals surface area contributed by atoms with Crippen molar-refractivity contribution in [3.8, 4) is 0 Å². The Labute approximate surface area is 107 Å². The molecule has 2 aromatic heterocycles. The van der Waals surface area contributed by atoms with Crippen LogP contribution in [0.5, 0.6) is 0 Å². The molecule has 18 heavy (non-hydrogen) atoms. The van der Waals surface area contributed by atoms with Gasteiger partial charge in [-0.2, -0.15) is 5.10 Å². The monoisotopic (exact) mass is 248 g/mol. The van der Waals surface area contributed by atoms with Crippen LogP contribution in [0.1, 0.15) is 35.9 Å². The fraction of sp³-hybridized carbons (Fsp3) is 0.462. The molecular weight excluding hydrogens is 228 g/mol. The molecule has 5 heteroatoms. The van der Waals surface area contributed by atoms with Crippen molar-refractivity contribution in [1.29, 1.82) is 0 Å². The molecule has 2 aromatic rings. The van der Waals surface area contributed by atoms with Gasteiger partial charge in [0.25, 0.3) is 0 Å². The Balaban J connectivity index is 2.16. The second-order valence-electron chi connectivity index (χ2n) is 4.48. The van der Waals surface area contributed by atoms with E-state index in [4.69, 9.17) is 10.3 Å². The van der Waals surface area contributed by atoms with Gasteiger partial charge in [0.05, 0.1) is 11.7 Å². The first-order valence-corrected chi connectivity index (χ1v) is 6.18. The Kier molecular flexibility index (Phi) is 3.84. The molecule has 0 saturated carbocycles. The van der Waals surface area contributed by atoms with Crippen molar-refractivity contribution in [2.24, 2.45) is 12.9 Å². The highest BCUT2D eigenvalue weighted by Crippen LogP contribution is 2.20. The van der Waals surface area contributed by atoms with E-state index < -0.39 is 0 Å². The first kappa shape index (κ1) is 12.9. The molecule has 0 radical (unpaired) electrons. The maximum absolute atomic E-state index is 5.73. The summed E-state index contributed by atoms with van der Waals surface area (Å²) in [4.78, 5) is 0. The van der Waals surface area contributed by atoms with E-state index in [0.717, 1.165) is 35.7 Å². The third-order valence-electron chi connectivity index (χ3n) is 3.09. The standard InChI is InChI=1S/C13H20N4O/c1-4-11-5-6-13(18-11)12(15-14)8-10-7-9(2)16-17(10)3/h5-7,12,15H,4,8,14H2,1-3H3. The van der Waals surface area contributed by atoms with Crippen LogP contribution in [0.4, 0.5) is 0 Å². The van der Waals surface area contributed by atoms with Crippen LogP contribution in [0.15, 0.2) is 22.6 Å². The summed E-state index contributed by atoms with van der Waals surface area (Å²) in [5, 5.41) is 4.33. The van der Waals surface area contributed by atoms with E-state index in [1.807, 2.05) is 30.8 Å². The van der Waals surface area contributed by atoms with Crippen LogP contribution < -0.4 is 11.3 Å². The fourth-order valence-electron chi connectivity index (χ4n) is 2.08. The van der Waals surface area contributed by atoms with Crippen molar-refractivity contribution in [3.05, 3.63) is 41.1 Å². The zero-order chi connectivity index (χ0) is 13.1. The minimum Gasteiger partial charge on any atom is -0.464 e. The summed E-state index contributed by atoms with van der Waals surface area (Å²) in [6.07, 6.45) is 1.65. The third kappa shape index (κ3) is 2.63. The average Bonchev–Trinajstić information content (AvgIpc) is 2.93. The van der Waals surface area contributed by atoms with Crippen LogP contribution in [0.25, 0.3) is 0 Å². The summed E-state index contributed by atoms with van der Waals surface area (Å²) in [6, 6.07) is 6.01. The van der Waals surface area contributed by atoms with E-state index in [2.05, 4.69) is 23.5 Å². The summed E-state index contributed by atoms with van der Waals surface area (Å²) < 4.78 is 7.61. The lowest BCUT2D eigenvalue weighted by Crippen LogP contribution is -2.29. The minimum absolute atomic E-state index is 0.0277.